The monoisotopic (exact) mass is 265 g/mol. The van der Waals surface area contributed by atoms with Crippen LogP contribution < -0.4 is 5.73 Å². The number of piperazine rings is 1. The van der Waals surface area contributed by atoms with Crippen LogP contribution in [0.3, 0.4) is 0 Å². The predicted molar refractivity (Wildman–Crippen MR) is 72.3 cm³/mol. The number of nitrogen functional groups attached to an aromatic ring is 1. The summed E-state index contributed by atoms with van der Waals surface area (Å²) in [6.45, 7) is 6.47. The lowest BCUT2D eigenvalue weighted by atomic mass is 10.1. The fraction of sp³-hybridized carbons (Fsp3) is 0.571. The Morgan fingerprint density at radius 2 is 1.95 bits per heavy atom. The molecule has 0 atom stereocenters. The van der Waals surface area contributed by atoms with Gasteiger partial charge in [-0.25, -0.2) is 4.39 Å². The molecule has 1 aromatic carbocycles. The maximum atomic E-state index is 13.7. The molecule has 5 heteroatoms. The van der Waals surface area contributed by atoms with Crippen molar-refractivity contribution in [2.75, 3.05) is 45.1 Å². The van der Waals surface area contributed by atoms with E-state index in [9.17, 15) is 4.39 Å². The number of ether oxygens (including phenoxy) is 1. The lowest BCUT2D eigenvalue weighted by molar-refractivity contribution is -0.0774. The quantitative estimate of drug-likeness (QED) is 0.825. The number of nitrogens with zero attached hydrogens (tertiary/aromatic N) is 2. The van der Waals surface area contributed by atoms with E-state index >= 15 is 0 Å². The first kappa shape index (κ1) is 12.8. The van der Waals surface area contributed by atoms with Crippen LogP contribution in [0, 0.1) is 5.82 Å². The molecule has 1 aromatic rings. The lowest BCUT2D eigenvalue weighted by Gasteiger charge is -2.42. The molecule has 19 heavy (non-hydrogen) atoms. The van der Waals surface area contributed by atoms with E-state index in [-0.39, 0.29) is 5.82 Å². The number of benzene rings is 1. The van der Waals surface area contributed by atoms with Gasteiger partial charge in [-0.1, -0.05) is 6.07 Å². The number of hydrogen-bond acceptors (Lipinski definition) is 4. The summed E-state index contributed by atoms with van der Waals surface area (Å²) in [6, 6.07) is 5.56. The smallest absolute Gasteiger partial charge is 0.129 e. The highest BCUT2D eigenvalue weighted by atomic mass is 19.1. The molecule has 0 spiro atoms. The molecule has 2 N–H and O–H groups in total. The molecular weight excluding hydrogens is 245 g/mol. The van der Waals surface area contributed by atoms with Gasteiger partial charge in [-0.05, 0) is 12.1 Å². The number of hydrogen-bond donors (Lipinski definition) is 1. The highest BCUT2D eigenvalue weighted by molar-refractivity contribution is 5.40. The minimum Gasteiger partial charge on any atom is -0.399 e. The van der Waals surface area contributed by atoms with Crippen LogP contribution in [-0.4, -0.2) is 55.2 Å². The summed E-state index contributed by atoms with van der Waals surface area (Å²) in [7, 11) is 0. The van der Waals surface area contributed by atoms with Crippen LogP contribution in [-0.2, 0) is 11.3 Å². The number of anilines is 1. The summed E-state index contributed by atoms with van der Waals surface area (Å²) < 4.78 is 19.0. The SMILES string of the molecule is Nc1ccc(CN2CCN(C3COC3)CC2)c(F)c1. The number of rotatable bonds is 3. The Morgan fingerprint density at radius 3 is 2.53 bits per heavy atom. The van der Waals surface area contributed by atoms with Gasteiger partial charge < -0.3 is 10.5 Å². The van der Waals surface area contributed by atoms with E-state index in [1.807, 2.05) is 0 Å². The molecule has 2 fully saturated rings. The molecule has 0 amide bonds. The van der Waals surface area contributed by atoms with Gasteiger partial charge in [0.1, 0.15) is 5.82 Å². The van der Waals surface area contributed by atoms with E-state index in [0.717, 1.165) is 45.0 Å². The third kappa shape index (κ3) is 2.88. The maximum absolute atomic E-state index is 13.7. The average Bonchev–Trinajstić information content (AvgIpc) is 2.33. The van der Waals surface area contributed by atoms with E-state index in [0.29, 0.717) is 18.3 Å². The minimum absolute atomic E-state index is 0.199. The predicted octanol–water partition coefficient (Wildman–Crippen LogP) is 0.924. The van der Waals surface area contributed by atoms with E-state index in [2.05, 4.69) is 9.80 Å². The van der Waals surface area contributed by atoms with Crippen LogP contribution in [0.15, 0.2) is 18.2 Å². The molecule has 2 aliphatic rings. The zero-order valence-electron chi connectivity index (χ0n) is 11.0. The van der Waals surface area contributed by atoms with Crippen molar-refractivity contribution in [2.45, 2.75) is 12.6 Å². The fourth-order valence-corrected chi connectivity index (χ4v) is 2.65. The van der Waals surface area contributed by atoms with Gasteiger partial charge in [-0.15, -0.1) is 0 Å². The van der Waals surface area contributed by atoms with Gasteiger partial charge in [0.2, 0.25) is 0 Å². The van der Waals surface area contributed by atoms with Crippen molar-refractivity contribution in [1.29, 1.82) is 0 Å². The highest BCUT2D eigenvalue weighted by Gasteiger charge is 2.28. The van der Waals surface area contributed by atoms with E-state index in [4.69, 9.17) is 10.5 Å². The topological polar surface area (TPSA) is 41.7 Å². The second-order valence-electron chi connectivity index (χ2n) is 5.35. The Bertz CT molecular complexity index is 442. The minimum atomic E-state index is -0.199. The molecule has 104 valence electrons. The van der Waals surface area contributed by atoms with Crippen LogP contribution in [0.1, 0.15) is 5.56 Å². The van der Waals surface area contributed by atoms with Crippen LogP contribution in [0.2, 0.25) is 0 Å². The number of nitrogens with two attached hydrogens (primary N) is 1. The third-order valence-electron chi connectivity index (χ3n) is 4.01. The van der Waals surface area contributed by atoms with Crippen LogP contribution in [0.25, 0.3) is 0 Å². The molecule has 0 bridgehead atoms. The van der Waals surface area contributed by atoms with Crippen molar-refractivity contribution in [1.82, 2.24) is 9.80 Å². The van der Waals surface area contributed by atoms with Gasteiger partial charge in [0.15, 0.2) is 0 Å². The first-order chi connectivity index (χ1) is 9.22. The Morgan fingerprint density at radius 1 is 1.21 bits per heavy atom. The number of halogens is 1. The van der Waals surface area contributed by atoms with E-state index in [1.54, 1.807) is 12.1 Å². The average molecular weight is 265 g/mol. The summed E-state index contributed by atoms with van der Waals surface area (Å²) in [4.78, 5) is 4.77. The van der Waals surface area contributed by atoms with Gasteiger partial charge in [-0.3, -0.25) is 9.80 Å². The summed E-state index contributed by atoms with van der Waals surface area (Å²) in [6.07, 6.45) is 0. The molecule has 0 unspecified atom stereocenters. The van der Waals surface area contributed by atoms with Crippen LogP contribution in [0.4, 0.5) is 10.1 Å². The first-order valence-corrected chi connectivity index (χ1v) is 6.80. The lowest BCUT2D eigenvalue weighted by Crippen LogP contribution is -2.56. The zero-order chi connectivity index (χ0) is 13.2. The molecule has 4 nitrogen and oxygen atoms in total. The highest BCUT2D eigenvalue weighted by Crippen LogP contribution is 2.17. The third-order valence-corrected chi connectivity index (χ3v) is 4.01. The fourth-order valence-electron chi connectivity index (χ4n) is 2.65. The normalized spacial score (nSPS) is 22.4. The summed E-state index contributed by atoms with van der Waals surface area (Å²) in [5.41, 5.74) is 6.78. The van der Waals surface area contributed by atoms with Crippen molar-refractivity contribution in [3.05, 3.63) is 29.6 Å². The molecule has 2 aliphatic heterocycles. The Labute approximate surface area is 112 Å². The molecule has 0 aromatic heterocycles. The van der Waals surface area contributed by atoms with Gasteiger partial charge in [0, 0.05) is 44.0 Å². The summed E-state index contributed by atoms with van der Waals surface area (Å²) >= 11 is 0. The van der Waals surface area contributed by atoms with Crippen molar-refractivity contribution >= 4 is 5.69 Å². The van der Waals surface area contributed by atoms with Gasteiger partial charge >= 0.3 is 0 Å². The van der Waals surface area contributed by atoms with Gasteiger partial charge in [-0.2, -0.15) is 0 Å². The largest absolute Gasteiger partial charge is 0.399 e. The molecule has 3 rings (SSSR count). The molecule has 0 aliphatic carbocycles. The summed E-state index contributed by atoms with van der Waals surface area (Å²) in [5.74, 6) is -0.199. The van der Waals surface area contributed by atoms with Crippen LogP contribution >= 0.6 is 0 Å². The van der Waals surface area contributed by atoms with E-state index in [1.165, 1.54) is 6.07 Å². The Kier molecular flexibility index (Phi) is 3.68. The first-order valence-electron chi connectivity index (χ1n) is 6.80. The molecule has 2 saturated heterocycles. The maximum Gasteiger partial charge on any atom is 0.129 e. The van der Waals surface area contributed by atoms with Crippen molar-refractivity contribution in [3.63, 3.8) is 0 Å². The van der Waals surface area contributed by atoms with Crippen molar-refractivity contribution in [3.8, 4) is 0 Å². The second-order valence-corrected chi connectivity index (χ2v) is 5.35. The zero-order valence-corrected chi connectivity index (χ0v) is 11.0. The van der Waals surface area contributed by atoms with E-state index < -0.39 is 0 Å². The van der Waals surface area contributed by atoms with Crippen LogP contribution in [0.5, 0.6) is 0 Å². The molecule has 2 heterocycles. The second kappa shape index (κ2) is 5.45. The molecular formula is C14H20FN3O. The molecule has 0 saturated carbocycles. The standard InChI is InChI=1S/C14H20FN3O/c15-14-7-12(16)2-1-11(14)8-17-3-5-18(6-4-17)13-9-19-10-13/h1-2,7,13H,3-6,8-10,16H2. The van der Waals surface area contributed by atoms with Gasteiger partial charge in [0.25, 0.3) is 0 Å². The van der Waals surface area contributed by atoms with Crippen molar-refractivity contribution < 1.29 is 9.13 Å². The Hall–Kier alpha value is -1.17. The van der Waals surface area contributed by atoms with Crippen molar-refractivity contribution in [2.24, 2.45) is 0 Å². The summed E-state index contributed by atoms with van der Waals surface area (Å²) in [5, 5.41) is 0. The molecule has 0 radical (unpaired) electrons. The Balaban J connectivity index is 1.54. The van der Waals surface area contributed by atoms with Gasteiger partial charge in [0.05, 0.1) is 19.3 Å².